The minimum absolute atomic E-state index is 0.0727. The molecule has 2 aromatic rings. The summed E-state index contributed by atoms with van der Waals surface area (Å²) < 4.78 is 1.37. The molecule has 31 heavy (non-hydrogen) atoms. The Labute approximate surface area is 184 Å². The normalized spacial score (nSPS) is 9.23. The fourth-order valence-corrected chi connectivity index (χ4v) is 2.27. The van der Waals surface area contributed by atoms with Crippen LogP contribution in [0.2, 0.25) is 0 Å². The van der Waals surface area contributed by atoms with Gasteiger partial charge in [-0.2, -0.15) is 4.98 Å². The summed E-state index contributed by atoms with van der Waals surface area (Å²) in [5, 5.41) is 22.9. The summed E-state index contributed by atoms with van der Waals surface area (Å²) >= 11 is 0. The van der Waals surface area contributed by atoms with Gasteiger partial charge in [0.15, 0.2) is 11.2 Å². The largest absolute Gasteiger partial charge is 0.480 e. The molecule has 2 heterocycles. The van der Waals surface area contributed by atoms with Crippen LogP contribution in [-0.4, -0.2) is 72.9 Å². The van der Waals surface area contributed by atoms with E-state index in [1.54, 1.807) is 0 Å². The number of aliphatic hydroxyl groups is 1. The molecule has 2 aromatic heterocycles. The number of aromatic nitrogens is 4. The highest BCUT2D eigenvalue weighted by Gasteiger charge is 2.19. The zero-order valence-electron chi connectivity index (χ0n) is 18.5. The smallest absolute Gasteiger partial charge is 0.323 e. The Kier molecular flexibility index (Phi) is 17.6. The third-order valence-electron chi connectivity index (χ3n) is 3.27. The van der Waals surface area contributed by atoms with Gasteiger partial charge in [0.1, 0.15) is 13.1 Å². The van der Waals surface area contributed by atoms with E-state index >= 15 is 0 Å². The van der Waals surface area contributed by atoms with Crippen LogP contribution < -0.4 is 16.0 Å². The van der Waals surface area contributed by atoms with E-state index in [-0.39, 0.29) is 43.5 Å². The second kappa shape index (κ2) is 18.0. The van der Waals surface area contributed by atoms with Gasteiger partial charge < -0.3 is 24.8 Å². The molecule has 0 aliphatic carbocycles. The summed E-state index contributed by atoms with van der Waals surface area (Å²) in [5.41, 5.74) is -0.190. The molecule has 5 N–H and O–H groups in total. The molecule has 1 amide bonds. The molecule has 0 aliphatic rings. The fraction of sp³-hybridized carbons (Fsp3) is 0.500. The Balaban J connectivity index is 0. The van der Waals surface area contributed by atoms with Gasteiger partial charge in [-0.3, -0.25) is 24.7 Å². The lowest BCUT2D eigenvalue weighted by Gasteiger charge is -2.21. The lowest BCUT2D eigenvalue weighted by molar-refractivity contribution is -0.144. The molecular formula is C18H34N7O5P. The molecule has 0 bridgehead atoms. The number of aromatic amines is 1. The molecule has 13 heteroatoms. The van der Waals surface area contributed by atoms with Crippen molar-refractivity contribution in [3.8, 4) is 0 Å². The van der Waals surface area contributed by atoms with Crippen molar-refractivity contribution in [1.29, 1.82) is 0 Å². The fourth-order valence-electron chi connectivity index (χ4n) is 2.13. The zero-order chi connectivity index (χ0) is 24.4. The number of carbonyl (C=O) groups excluding carboxylic acids is 1. The van der Waals surface area contributed by atoms with E-state index in [0.717, 1.165) is 4.90 Å². The predicted octanol–water partition coefficient (Wildman–Crippen LogP) is 0.629. The summed E-state index contributed by atoms with van der Waals surface area (Å²) in [5.74, 6) is -1.45. The Bertz CT molecular complexity index is 840. The summed E-state index contributed by atoms with van der Waals surface area (Å²) in [6.07, 6.45) is 1.29. The van der Waals surface area contributed by atoms with E-state index < -0.39 is 24.0 Å². The van der Waals surface area contributed by atoms with Gasteiger partial charge in [0, 0.05) is 13.1 Å². The summed E-state index contributed by atoms with van der Waals surface area (Å²) in [6, 6.07) is 0. The molecule has 1 atom stereocenters. The van der Waals surface area contributed by atoms with Crippen molar-refractivity contribution in [2.75, 3.05) is 31.5 Å². The maximum Gasteiger partial charge on any atom is 0.323 e. The van der Waals surface area contributed by atoms with Gasteiger partial charge in [-0.25, -0.2) is 4.98 Å². The molecule has 0 spiro atoms. The predicted molar refractivity (Wildman–Crippen MR) is 125 cm³/mol. The first-order valence-corrected chi connectivity index (χ1v) is 10.3. The molecule has 0 aliphatic heterocycles. The number of imidazole rings is 1. The van der Waals surface area contributed by atoms with Crippen LogP contribution in [0.3, 0.4) is 0 Å². The van der Waals surface area contributed by atoms with Crippen molar-refractivity contribution < 1.29 is 19.8 Å². The molecule has 0 radical (unpaired) electrons. The molecule has 12 nitrogen and oxygen atoms in total. The maximum atomic E-state index is 12.4. The molecule has 0 saturated heterocycles. The SMILES string of the molecule is C=C.CC.CC.O=C(O)CN(CCNCO)C(=O)Cn1cnc2c(=O)[nH]c(NP)nc21. The average molecular weight is 459 g/mol. The number of anilines is 1. The quantitative estimate of drug-likeness (QED) is 0.156. The van der Waals surface area contributed by atoms with E-state index in [1.165, 1.54) is 10.9 Å². The van der Waals surface area contributed by atoms with Gasteiger partial charge in [-0.05, 0) is 9.39 Å². The number of rotatable bonds is 9. The first-order chi connectivity index (χ1) is 15.0. The van der Waals surface area contributed by atoms with Crippen LogP contribution >= 0.6 is 9.39 Å². The second-order valence-electron chi connectivity index (χ2n) is 4.97. The summed E-state index contributed by atoms with van der Waals surface area (Å²) in [4.78, 5) is 46.9. The van der Waals surface area contributed by atoms with Gasteiger partial charge >= 0.3 is 5.97 Å². The topological polar surface area (TPSA) is 165 Å². The molecule has 0 saturated carbocycles. The van der Waals surface area contributed by atoms with Gasteiger partial charge in [0.25, 0.3) is 5.56 Å². The Morgan fingerprint density at radius 1 is 1.29 bits per heavy atom. The average Bonchev–Trinajstić information content (AvgIpc) is 3.20. The highest BCUT2D eigenvalue weighted by Crippen LogP contribution is 2.09. The molecular weight excluding hydrogens is 425 g/mol. The van der Waals surface area contributed by atoms with Crippen LogP contribution in [0.1, 0.15) is 27.7 Å². The number of aliphatic carboxylic acids is 1. The minimum Gasteiger partial charge on any atom is -0.480 e. The van der Waals surface area contributed by atoms with E-state index in [0.29, 0.717) is 0 Å². The maximum absolute atomic E-state index is 12.4. The highest BCUT2D eigenvalue weighted by atomic mass is 31.0. The van der Waals surface area contributed by atoms with E-state index in [4.69, 9.17) is 10.2 Å². The number of carboxylic acids is 1. The van der Waals surface area contributed by atoms with Crippen molar-refractivity contribution in [2.24, 2.45) is 0 Å². The van der Waals surface area contributed by atoms with Crippen LogP contribution in [0, 0.1) is 0 Å². The monoisotopic (exact) mass is 459 g/mol. The van der Waals surface area contributed by atoms with Gasteiger partial charge in [0.2, 0.25) is 11.9 Å². The number of hydrogen-bond donors (Lipinski definition) is 5. The molecule has 2 rings (SSSR count). The standard InChI is InChI=1S/C12H18N7O5P.2C2H6.C2H4/c20-6-13-1-2-18(4-8(22)23)7(21)3-19-5-14-9-10(19)15-12(17-25)16-11(9)24;3*1-2/h5,13,20H,1-4,6,25H2,(H,22,23)(H2,15,16,17,24);2*1-2H3;1-2H2. The van der Waals surface area contributed by atoms with Gasteiger partial charge in [-0.1, -0.05) is 27.7 Å². The lowest BCUT2D eigenvalue weighted by atomic mass is 10.4. The van der Waals surface area contributed by atoms with Crippen molar-refractivity contribution in [2.45, 2.75) is 34.2 Å². The first-order valence-electron chi connectivity index (χ1n) is 9.69. The van der Waals surface area contributed by atoms with E-state index in [1.807, 2.05) is 27.7 Å². The minimum atomic E-state index is -1.16. The number of fused-ring (bicyclic) bond motifs is 1. The van der Waals surface area contributed by atoms with Crippen molar-refractivity contribution in [1.82, 2.24) is 29.7 Å². The van der Waals surface area contributed by atoms with E-state index in [9.17, 15) is 14.4 Å². The number of aliphatic hydroxyl groups excluding tert-OH is 1. The van der Waals surface area contributed by atoms with Gasteiger partial charge in [0.05, 0.1) is 13.1 Å². The van der Waals surface area contributed by atoms with Crippen LogP contribution in [-0.2, 0) is 16.1 Å². The van der Waals surface area contributed by atoms with Crippen LogP contribution in [0.15, 0.2) is 24.3 Å². The number of nitrogens with zero attached hydrogens (tertiary/aromatic N) is 4. The molecule has 0 aromatic carbocycles. The third-order valence-corrected chi connectivity index (χ3v) is 3.54. The number of H-pyrrole nitrogens is 1. The molecule has 176 valence electrons. The van der Waals surface area contributed by atoms with Crippen molar-refractivity contribution in [3.63, 3.8) is 0 Å². The Morgan fingerprint density at radius 2 is 1.90 bits per heavy atom. The molecule has 1 unspecified atom stereocenters. The van der Waals surface area contributed by atoms with E-state index in [2.05, 4.69) is 47.9 Å². The highest BCUT2D eigenvalue weighted by molar-refractivity contribution is 7.18. The first kappa shape index (κ1) is 30.4. The van der Waals surface area contributed by atoms with Crippen LogP contribution in [0.4, 0.5) is 5.95 Å². The number of carboxylic acid groups (broad SMARTS) is 1. The van der Waals surface area contributed by atoms with Crippen molar-refractivity contribution in [3.05, 3.63) is 29.8 Å². The third kappa shape index (κ3) is 10.2. The summed E-state index contributed by atoms with van der Waals surface area (Å²) in [6.45, 7) is 13.4. The number of carbonyl (C=O) groups is 2. The van der Waals surface area contributed by atoms with Crippen LogP contribution in [0.5, 0.6) is 0 Å². The zero-order valence-corrected chi connectivity index (χ0v) is 19.7. The number of amides is 1. The molecule has 0 fully saturated rings. The lowest BCUT2D eigenvalue weighted by Crippen LogP contribution is -2.41. The Morgan fingerprint density at radius 3 is 2.42 bits per heavy atom. The summed E-state index contributed by atoms with van der Waals surface area (Å²) in [7, 11) is 2.19. The Hall–Kier alpha value is -2.82. The van der Waals surface area contributed by atoms with Crippen molar-refractivity contribution >= 4 is 38.4 Å². The number of hydrogen-bond acceptors (Lipinski definition) is 8. The van der Waals surface area contributed by atoms with Gasteiger partial charge in [-0.15, -0.1) is 13.2 Å². The second-order valence-corrected chi connectivity index (χ2v) is 5.26. The number of nitrogens with one attached hydrogen (secondary N) is 3. The van der Waals surface area contributed by atoms with Crippen LogP contribution in [0.25, 0.3) is 11.2 Å².